The van der Waals surface area contributed by atoms with Gasteiger partial charge in [0.1, 0.15) is 22.7 Å². The monoisotopic (exact) mass is 1430 g/mol. The van der Waals surface area contributed by atoms with Crippen LogP contribution in [0.4, 0.5) is 34.1 Å². The molecule has 538 valence electrons. The second kappa shape index (κ2) is 25.7. The second-order valence-electron chi connectivity index (χ2n) is 35.0. The molecule has 3 heterocycles. The number of rotatable bonds is 10. The van der Waals surface area contributed by atoms with Crippen molar-refractivity contribution in [2.24, 2.45) is 0 Å². The predicted molar refractivity (Wildman–Crippen MR) is 467 cm³/mol. The molecule has 0 amide bonds. The zero-order valence-electron chi connectivity index (χ0n) is 65.0. The van der Waals surface area contributed by atoms with Gasteiger partial charge in [-0.2, -0.15) is 0 Å². The van der Waals surface area contributed by atoms with Crippen LogP contribution in [0.3, 0.4) is 0 Å². The number of hydrogen-bond donors (Lipinski definition) is 0. The minimum absolute atomic E-state index is 0.00185. The quantitative estimate of drug-likeness (QED) is 0.137. The highest BCUT2D eigenvalue weighted by atomic mass is 16.3. The van der Waals surface area contributed by atoms with Gasteiger partial charge in [0.2, 0.25) is 0 Å². The van der Waals surface area contributed by atoms with Gasteiger partial charge in [-0.3, -0.25) is 0 Å². The average molecular weight is 1430 g/mol. The Morgan fingerprint density at radius 2 is 0.709 bits per heavy atom. The highest BCUT2D eigenvalue weighted by Crippen LogP contribution is 2.51. The van der Waals surface area contributed by atoms with Crippen molar-refractivity contribution in [1.29, 1.82) is 0 Å². The molecule has 0 fully saturated rings. The number of para-hydroxylation sites is 2. The summed E-state index contributed by atoms with van der Waals surface area (Å²) in [6.07, 6.45) is 1.87. The van der Waals surface area contributed by atoms with Gasteiger partial charge in [-0.05, 0) is 256 Å². The van der Waals surface area contributed by atoms with E-state index in [2.05, 4.69) is 377 Å². The molecule has 19 rings (SSSR count). The molecule has 0 bridgehead atoms. The topological polar surface area (TPSA) is 37.7 Å². The minimum Gasteiger partial charge on any atom is -0.456 e. The van der Waals surface area contributed by atoms with Crippen molar-refractivity contribution in [2.45, 2.75) is 124 Å². The molecule has 0 aliphatic heterocycles. The van der Waals surface area contributed by atoms with Crippen LogP contribution in [-0.4, -0.2) is 4.57 Å². The lowest BCUT2D eigenvalue weighted by Crippen LogP contribution is -2.13. The Morgan fingerprint density at radius 3 is 1.21 bits per heavy atom. The summed E-state index contributed by atoms with van der Waals surface area (Å²) in [5, 5.41) is 14.2. The lowest BCUT2D eigenvalue weighted by atomic mass is 9.80. The Morgan fingerprint density at radius 1 is 0.309 bits per heavy atom. The van der Waals surface area contributed by atoms with Gasteiger partial charge in [0, 0.05) is 83.8 Å². The molecule has 18 aromatic rings. The molecule has 0 radical (unpaired) electrons. The van der Waals surface area contributed by atoms with E-state index in [9.17, 15) is 0 Å². The standard InChI is InChI=1S/C105H91N3O2/c1-102(2,3)77-32-25-65(26-33-77)88-50-29-72-61-94-92-52-31-71-60-87(107(82-44-36-79(37-45-82)104(7,8)9)85-41-28-67-56-76(24-22-69(67)58-85)99-63-74-18-14-16-20-97(74)110-99)49-54-90(71)101(92)108(83-46-38-80(39-47-83)105(10,11)12)95(94)64-93(72)91-51-30-70-59-86(48-53-89(70)100(88)91)106(81-42-34-78(35-43-81)103(4,5)6)84-40-27-66-55-75(23-21-68(66)57-84)98-62-73-17-13-15-19-96(73)109-98/h13-28,30-49,51-64,88H,29,50H2,1-12H3. The van der Waals surface area contributed by atoms with Gasteiger partial charge in [-0.15, -0.1) is 0 Å². The van der Waals surface area contributed by atoms with Crippen LogP contribution in [0, 0.1) is 0 Å². The maximum absolute atomic E-state index is 6.38. The Hall–Kier alpha value is -12.2. The molecule has 0 saturated heterocycles. The van der Waals surface area contributed by atoms with E-state index in [4.69, 9.17) is 8.83 Å². The molecule has 110 heavy (non-hydrogen) atoms. The summed E-state index contributed by atoms with van der Waals surface area (Å²) in [5.74, 6) is 1.87. The molecule has 0 spiro atoms. The van der Waals surface area contributed by atoms with E-state index in [0.717, 1.165) is 119 Å². The molecule has 0 saturated carbocycles. The average Bonchev–Trinajstić information content (AvgIpc) is 1.54. The smallest absolute Gasteiger partial charge is 0.135 e. The summed E-state index contributed by atoms with van der Waals surface area (Å²) in [7, 11) is 0. The van der Waals surface area contributed by atoms with Crippen molar-refractivity contribution in [1.82, 2.24) is 4.57 Å². The summed E-state index contributed by atoms with van der Waals surface area (Å²) >= 11 is 0. The summed E-state index contributed by atoms with van der Waals surface area (Å²) in [4.78, 5) is 4.88. The molecule has 1 unspecified atom stereocenters. The lowest BCUT2D eigenvalue weighted by Gasteiger charge is -2.28. The number of aryl methyl sites for hydroxylation is 1. The minimum atomic E-state index is -0.0194. The summed E-state index contributed by atoms with van der Waals surface area (Å²) < 4.78 is 15.3. The van der Waals surface area contributed by atoms with Crippen LogP contribution in [0.2, 0.25) is 0 Å². The van der Waals surface area contributed by atoms with Crippen molar-refractivity contribution in [2.75, 3.05) is 9.80 Å². The fourth-order valence-electron chi connectivity index (χ4n) is 17.4. The van der Waals surface area contributed by atoms with Crippen LogP contribution >= 0.6 is 0 Å². The molecule has 0 N–H and O–H groups in total. The molecular formula is C105H91N3O2. The van der Waals surface area contributed by atoms with E-state index < -0.39 is 0 Å². The van der Waals surface area contributed by atoms with Crippen LogP contribution in [0.25, 0.3) is 126 Å². The molecule has 15 aromatic carbocycles. The fourth-order valence-corrected chi connectivity index (χ4v) is 17.4. The van der Waals surface area contributed by atoms with Gasteiger partial charge in [0.25, 0.3) is 0 Å². The van der Waals surface area contributed by atoms with Crippen LogP contribution in [-0.2, 0) is 28.1 Å². The van der Waals surface area contributed by atoms with Crippen LogP contribution in [0.1, 0.15) is 134 Å². The number of hydrogen-bond acceptors (Lipinski definition) is 4. The van der Waals surface area contributed by atoms with E-state index in [1.54, 1.807) is 0 Å². The fraction of sp³-hybridized carbons (Fsp3) is 0.181. The Balaban J connectivity index is 0.767. The van der Waals surface area contributed by atoms with Crippen molar-refractivity contribution < 1.29 is 8.83 Å². The molecular weight excluding hydrogens is 1340 g/mol. The SMILES string of the molecule is CC(C)(C)c1ccc(C2CCc3cc4c5ccc6cc(N(c7ccc(C(C)(C)C)cc7)c7ccc8cc(-c9cc%10ccccc%10o9)ccc8c7)ccc6c5n(-c5ccc(C(C)(C)C)cc5)c4cc3-c3ccc4cc(N(c5ccc(C(C)(C)C)cc5)c5ccc6cc(-c7cc8ccccc8o7)ccc6c5)ccc4c32)cc1. The van der Waals surface area contributed by atoms with Crippen molar-refractivity contribution in [3.8, 4) is 39.5 Å². The van der Waals surface area contributed by atoms with E-state index in [1.165, 1.54) is 93.4 Å². The van der Waals surface area contributed by atoms with E-state index in [0.29, 0.717) is 0 Å². The molecule has 5 nitrogen and oxygen atoms in total. The Labute approximate surface area is 645 Å². The van der Waals surface area contributed by atoms with E-state index in [-0.39, 0.29) is 27.6 Å². The molecule has 1 aliphatic carbocycles. The molecule has 5 heteroatoms. The first-order valence-corrected chi connectivity index (χ1v) is 39.2. The van der Waals surface area contributed by atoms with Gasteiger partial charge in [-0.1, -0.05) is 253 Å². The maximum Gasteiger partial charge on any atom is 0.135 e. The number of aromatic nitrogens is 1. The summed E-state index contributed by atoms with van der Waals surface area (Å²) in [6.45, 7) is 27.6. The Bertz CT molecular complexity index is 6610. The van der Waals surface area contributed by atoms with Crippen LogP contribution in [0.15, 0.2) is 312 Å². The summed E-state index contributed by atoms with van der Waals surface area (Å²) in [5.41, 5.74) is 26.0. The largest absolute Gasteiger partial charge is 0.456 e. The molecule has 3 aromatic heterocycles. The van der Waals surface area contributed by atoms with Gasteiger partial charge >= 0.3 is 0 Å². The third-order valence-electron chi connectivity index (χ3n) is 23.6. The highest BCUT2D eigenvalue weighted by Gasteiger charge is 2.31. The summed E-state index contributed by atoms with van der Waals surface area (Å²) in [6, 6.07) is 115. The zero-order valence-corrected chi connectivity index (χ0v) is 65.0. The predicted octanol–water partition coefficient (Wildman–Crippen LogP) is 30.1. The first-order chi connectivity index (χ1) is 53.0. The molecule has 1 atom stereocenters. The van der Waals surface area contributed by atoms with Gasteiger partial charge in [0.05, 0.1) is 11.0 Å². The van der Waals surface area contributed by atoms with Gasteiger partial charge in [-0.25, -0.2) is 0 Å². The Kier molecular flexibility index (Phi) is 16.0. The van der Waals surface area contributed by atoms with E-state index >= 15 is 0 Å². The normalized spacial score (nSPS) is 13.7. The number of anilines is 6. The third kappa shape index (κ3) is 12.1. The van der Waals surface area contributed by atoms with Crippen LogP contribution in [0.5, 0.6) is 0 Å². The van der Waals surface area contributed by atoms with E-state index in [1.807, 2.05) is 24.3 Å². The van der Waals surface area contributed by atoms with Gasteiger partial charge < -0.3 is 23.2 Å². The van der Waals surface area contributed by atoms with Crippen molar-refractivity contribution in [3.05, 3.63) is 342 Å². The number of nitrogens with zero attached hydrogens (tertiary/aromatic N) is 3. The number of furan rings is 2. The highest BCUT2D eigenvalue weighted by molar-refractivity contribution is 6.20. The molecule has 1 aliphatic rings. The first-order valence-electron chi connectivity index (χ1n) is 39.2. The van der Waals surface area contributed by atoms with Crippen molar-refractivity contribution in [3.63, 3.8) is 0 Å². The second-order valence-corrected chi connectivity index (χ2v) is 35.0. The zero-order chi connectivity index (χ0) is 75.3. The number of fused-ring (bicyclic) bond motifs is 14. The van der Waals surface area contributed by atoms with Gasteiger partial charge in [0.15, 0.2) is 0 Å². The lowest BCUT2D eigenvalue weighted by molar-refractivity contribution is 0.589. The number of benzene rings is 15. The van der Waals surface area contributed by atoms with Crippen molar-refractivity contribution >= 4 is 121 Å². The third-order valence-corrected chi connectivity index (χ3v) is 23.6. The maximum atomic E-state index is 6.38. The van der Waals surface area contributed by atoms with Crippen LogP contribution < -0.4 is 9.80 Å². The first kappa shape index (κ1) is 68.4.